The fraction of sp³-hybridized carbons (Fsp3) is 0.500. The molecule has 3 nitrogen and oxygen atoms in total. The van der Waals surface area contributed by atoms with Crippen LogP contribution in [0.4, 0.5) is 10.1 Å². The molecule has 1 aliphatic rings. The summed E-state index contributed by atoms with van der Waals surface area (Å²) in [7, 11) is 0. The third kappa shape index (κ3) is 2.03. The second-order valence-corrected chi connectivity index (χ2v) is 4.24. The van der Waals surface area contributed by atoms with E-state index in [2.05, 4.69) is 0 Å². The molecule has 1 aliphatic heterocycles. The average Bonchev–Trinajstić information content (AvgIpc) is 2.64. The van der Waals surface area contributed by atoms with Gasteiger partial charge in [-0.1, -0.05) is 12.1 Å². The molecule has 88 valence electrons. The monoisotopic (exact) mass is 225 g/mol. The summed E-state index contributed by atoms with van der Waals surface area (Å²) in [6.07, 6.45) is -0.460. The SMILES string of the molecule is CC(O)c1cccc(F)c1N1CCC(O)C1. The van der Waals surface area contributed by atoms with Gasteiger partial charge in [0.1, 0.15) is 5.82 Å². The van der Waals surface area contributed by atoms with E-state index in [1.807, 2.05) is 0 Å². The maximum absolute atomic E-state index is 13.8. The van der Waals surface area contributed by atoms with Crippen LogP contribution in [0.3, 0.4) is 0 Å². The molecule has 2 N–H and O–H groups in total. The van der Waals surface area contributed by atoms with Gasteiger partial charge in [-0.15, -0.1) is 0 Å². The summed E-state index contributed by atoms with van der Waals surface area (Å²) in [6.45, 7) is 2.67. The molecule has 1 aromatic rings. The van der Waals surface area contributed by atoms with E-state index in [-0.39, 0.29) is 5.82 Å². The highest BCUT2D eigenvalue weighted by Crippen LogP contribution is 2.31. The van der Waals surface area contributed by atoms with Gasteiger partial charge in [0.2, 0.25) is 0 Å². The summed E-state index contributed by atoms with van der Waals surface area (Å²) in [5.74, 6) is -0.340. The summed E-state index contributed by atoms with van der Waals surface area (Å²) in [6, 6.07) is 4.69. The highest BCUT2D eigenvalue weighted by atomic mass is 19.1. The van der Waals surface area contributed by atoms with Gasteiger partial charge < -0.3 is 15.1 Å². The molecule has 2 unspecified atom stereocenters. The maximum Gasteiger partial charge on any atom is 0.146 e. The van der Waals surface area contributed by atoms with Gasteiger partial charge in [-0.3, -0.25) is 0 Å². The van der Waals surface area contributed by atoms with Gasteiger partial charge in [-0.2, -0.15) is 0 Å². The number of rotatable bonds is 2. The topological polar surface area (TPSA) is 43.7 Å². The summed E-state index contributed by atoms with van der Waals surface area (Å²) < 4.78 is 13.8. The molecule has 2 rings (SSSR count). The molecular weight excluding hydrogens is 209 g/mol. The molecule has 1 aromatic carbocycles. The van der Waals surface area contributed by atoms with Gasteiger partial charge in [0.15, 0.2) is 0 Å². The fourth-order valence-corrected chi connectivity index (χ4v) is 2.15. The third-order valence-corrected chi connectivity index (χ3v) is 2.95. The van der Waals surface area contributed by atoms with Crippen LogP contribution in [0.2, 0.25) is 0 Å². The average molecular weight is 225 g/mol. The highest BCUT2D eigenvalue weighted by Gasteiger charge is 2.25. The molecule has 0 amide bonds. The van der Waals surface area contributed by atoms with Gasteiger partial charge in [-0.25, -0.2) is 4.39 Å². The molecule has 0 aliphatic carbocycles. The second kappa shape index (κ2) is 4.39. The fourth-order valence-electron chi connectivity index (χ4n) is 2.15. The number of nitrogens with zero attached hydrogens (tertiary/aromatic N) is 1. The Bertz CT molecular complexity index is 381. The Morgan fingerprint density at radius 3 is 2.81 bits per heavy atom. The van der Waals surface area contributed by atoms with Gasteiger partial charge in [-0.05, 0) is 19.4 Å². The molecule has 0 radical (unpaired) electrons. The van der Waals surface area contributed by atoms with Crippen LogP contribution in [0.1, 0.15) is 25.0 Å². The number of para-hydroxylation sites is 1. The van der Waals surface area contributed by atoms with Crippen molar-refractivity contribution < 1.29 is 14.6 Å². The summed E-state index contributed by atoms with van der Waals surface area (Å²) in [4.78, 5) is 1.79. The quantitative estimate of drug-likeness (QED) is 0.800. The number of halogens is 1. The Hall–Kier alpha value is -1.13. The van der Waals surface area contributed by atoms with Crippen molar-refractivity contribution in [3.63, 3.8) is 0 Å². The molecule has 0 spiro atoms. The molecule has 16 heavy (non-hydrogen) atoms. The van der Waals surface area contributed by atoms with Gasteiger partial charge in [0, 0.05) is 18.7 Å². The molecule has 0 bridgehead atoms. The Balaban J connectivity index is 2.38. The van der Waals surface area contributed by atoms with Crippen molar-refractivity contribution in [1.29, 1.82) is 0 Å². The summed E-state index contributed by atoms with van der Waals surface area (Å²) in [5, 5.41) is 19.1. The van der Waals surface area contributed by atoms with Crippen LogP contribution in [-0.4, -0.2) is 29.4 Å². The van der Waals surface area contributed by atoms with E-state index in [9.17, 15) is 14.6 Å². The molecule has 2 atom stereocenters. The van der Waals surface area contributed by atoms with Crippen molar-refractivity contribution in [3.8, 4) is 0 Å². The Kier molecular flexibility index (Phi) is 3.12. The van der Waals surface area contributed by atoms with E-state index in [4.69, 9.17) is 0 Å². The van der Waals surface area contributed by atoms with E-state index in [0.29, 0.717) is 30.8 Å². The van der Waals surface area contributed by atoms with E-state index in [1.54, 1.807) is 24.0 Å². The lowest BCUT2D eigenvalue weighted by molar-refractivity contribution is 0.195. The van der Waals surface area contributed by atoms with Crippen LogP contribution in [0, 0.1) is 5.82 Å². The largest absolute Gasteiger partial charge is 0.391 e. The first-order valence-electron chi connectivity index (χ1n) is 5.49. The molecule has 0 saturated carbocycles. The lowest BCUT2D eigenvalue weighted by Crippen LogP contribution is -2.24. The zero-order valence-electron chi connectivity index (χ0n) is 9.23. The Morgan fingerprint density at radius 2 is 2.25 bits per heavy atom. The van der Waals surface area contributed by atoms with Crippen LogP contribution in [0.25, 0.3) is 0 Å². The number of benzene rings is 1. The van der Waals surface area contributed by atoms with Crippen LogP contribution in [0.5, 0.6) is 0 Å². The minimum absolute atomic E-state index is 0.340. The van der Waals surface area contributed by atoms with Crippen molar-refractivity contribution in [2.75, 3.05) is 18.0 Å². The zero-order valence-corrected chi connectivity index (χ0v) is 9.23. The second-order valence-electron chi connectivity index (χ2n) is 4.24. The normalized spacial score (nSPS) is 22.5. The maximum atomic E-state index is 13.8. The number of aliphatic hydroxyl groups excluding tert-OH is 2. The minimum atomic E-state index is -0.705. The molecule has 0 aromatic heterocycles. The van der Waals surface area contributed by atoms with Crippen molar-refractivity contribution in [2.24, 2.45) is 0 Å². The number of hydrogen-bond acceptors (Lipinski definition) is 3. The lowest BCUT2D eigenvalue weighted by Gasteiger charge is -2.23. The molecule has 4 heteroatoms. The Labute approximate surface area is 94.1 Å². The standard InChI is InChI=1S/C12H16FNO2/c1-8(15)10-3-2-4-11(13)12(10)14-6-5-9(16)7-14/h2-4,8-9,15-16H,5-7H2,1H3. The summed E-state index contributed by atoms with van der Waals surface area (Å²) >= 11 is 0. The number of anilines is 1. The Morgan fingerprint density at radius 1 is 1.50 bits per heavy atom. The van der Waals surface area contributed by atoms with Gasteiger partial charge in [0.05, 0.1) is 17.9 Å². The van der Waals surface area contributed by atoms with Crippen molar-refractivity contribution in [2.45, 2.75) is 25.6 Å². The molecular formula is C12H16FNO2. The molecule has 1 fully saturated rings. The summed E-state index contributed by atoms with van der Waals surface area (Å²) in [5.41, 5.74) is 1.00. The van der Waals surface area contributed by atoms with Gasteiger partial charge in [0.25, 0.3) is 0 Å². The predicted molar refractivity (Wildman–Crippen MR) is 59.9 cm³/mol. The van der Waals surface area contributed by atoms with E-state index in [0.717, 1.165) is 0 Å². The smallest absolute Gasteiger partial charge is 0.146 e. The van der Waals surface area contributed by atoms with Crippen molar-refractivity contribution >= 4 is 5.69 Å². The van der Waals surface area contributed by atoms with Crippen LogP contribution in [-0.2, 0) is 0 Å². The zero-order chi connectivity index (χ0) is 11.7. The first kappa shape index (κ1) is 11.4. The van der Waals surface area contributed by atoms with Crippen molar-refractivity contribution in [3.05, 3.63) is 29.6 Å². The van der Waals surface area contributed by atoms with Crippen LogP contribution < -0.4 is 4.90 Å². The van der Waals surface area contributed by atoms with E-state index < -0.39 is 12.2 Å². The highest BCUT2D eigenvalue weighted by molar-refractivity contribution is 5.56. The third-order valence-electron chi connectivity index (χ3n) is 2.95. The number of hydrogen-bond donors (Lipinski definition) is 2. The van der Waals surface area contributed by atoms with E-state index >= 15 is 0 Å². The first-order chi connectivity index (χ1) is 7.59. The predicted octanol–water partition coefficient (Wildman–Crippen LogP) is 1.45. The molecule has 1 saturated heterocycles. The number of β-amino-alcohol motifs (C(OH)–C–C–N with tert-alkyl or cyclic N) is 1. The lowest BCUT2D eigenvalue weighted by atomic mass is 10.1. The van der Waals surface area contributed by atoms with Gasteiger partial charge >= 0.3 is 0 Å². The minimum Gasteiger partial charge on any atom is -0.391 e. The van der Waals surface area contributed by atoms with Crippen LogP contribution >= 0.6 is 0 Å². The number of aliphatic hydroxyl groups is 2. The van der Waals surface area contributed by atoms with Crippen LogP contribution in [0.15, 0.2) is 18.2 Å². The molecule has 1 heterocycles. The van der Waals surface area contributed by atoms with Crippen molar-refractivity contribution in [1.82, 2.24) is 0 Å². The van der Waals surface area contributed by atoms with E-state index in [1.165, 1.54) is 6.07 Å². The first-order valence-corrected chi connectivity index (χ1v) is 5.49.